The average molecular weight is 282 g/mol. The largest absolute Gasteiger partial charge is 0.462 e. The van der Waals surface area contributed by atoms with Gasteiger partial charge in [-0.3, -0.25) is 0 Å². The Balaban J connectivity index is 1.87. The first-order valence-electron chi connectivity index (χ1n) is 6.04. The second-order valence-corrected chi connectivity index (χ2v) is 6.95. The lowest BCUT2D eigenvalue weighted by molar-refractivity contribution is 0.0365. The summed E-state index contributed by atoms with van der Waals surface area (Å²) >= 11 is 3.77. The van der Waals surface area contributed by atoms with Gasteiger partial charge < -0.3 is 4.74 Å². The molecule has 0 radical (unpaired) electrons. The predicted molar refractivity (Wildman–Crippen MR) is 79.2 cm³/mol. The van der Waals surface area contributed by atoms with Crippen molar-refractivity contribution in [2.45, 2.75) is 16.9 Å². The normalized spacial score (nSPS) is 21.1. The Morgan fingerprint density at radius 1 is 1.33 bits per heavy atom. The van der Waals surface area contributed by atoms with Crippen LogP contribution in [0.3, 0.4) is 0 Å². The fourth-order valence-electron chi connectivity index (χ4n) is 2.25. The minimum absolute atomic E-state index is 0.210. The van der Waals surface area contributed by atoms with Crippen LogP contribution in [-0.2, 0) is 4.74 Å². The lowest BCUT2D eigenvalue weighted by Gasteiger charge is -2.46. The first kappa shape index (κ1) is 13.8. The minimum Gasteiger partial charge on any atom is -0.462 e. The minimum atomic E-state index is -0.210. The van der Waals surface area contributed by atoms with E-state index in [2.05, 4.69) is 12.5 Å². The Hall–Kier alpha value is -0.610. The van der Waals surface area contributed by atoms with Crippen molar-refractivity contribution >= 4 is 29.5 Å². The van der Waals surface area contributed by atoms with Crippen LogP contribution >= 0.6 is 23.5 Å². The second kappa shape index (κ2) is 6.02. The molecule has 0 bridgehead atoms. The zero-order chi connectivity index (χ0) is 13.0. The number of carbonyl (C=O) groups is 1. The third-order valence-corrected chi connectivity index (χ3v) is 7.04. The predicted octanol–water partition coefficient (Wildman–Crippen LogP) is 3.68. The molecule has 0 N–H and O–H groups in total. The number of carbonyl (C=O) groups excluding carboxylic acids is 1. The molecule has 2 nitrogen and oxygen atoms in total. The molecular formula is C14H18O2S2. The molecule has 1 atom stereocenters. The molecule has 0 unspecified atom stereocenters. The van der Waals surface area contributed by atoms with Crippen molar-refractivity contribution in [3.05, 3.63) is 35.9 Å². The van der Waals surface area contributed by atoms with E-state index in [-0.39, 0.29) is 10.0 Å². The number of esters is 1. The van der Waals surface area contributed by atoms with Gasteiger partial charge in [-0.1, -0.05) is 18.2 Å². The molecule has 0 spiro atoms. The zero-order valence-corrected chi connectivity index (χ0v) is 12.4. The highest BCUT2D eigenvalue weighted by Gasteiger charge is 2.46. The zero-order valence-electron chi connectivity index (χ0n) is 10.7. The highest BCUT2D eigenvalue weighted by molar-refractivity contribution is 8.17. The molecule has 1 aliphatic rings. The molecule has 0 aromatic heterocycles. The van der Waals surface area contributed by atoms with Gasteiger partial charge in [-0.25, -0.2) is 4.79 Å². The molecule has 98 valence electrons. The molecular weight excluding hydrogens is 264 g/mol. The first-order chi connectivity index (χ1) is 8.72. The summed E-state index contributed by atoms with van der Waals surface area (Å²) in [4.78, 5) is 11.8. The summed E-state index contributed by atoms with van der Waals surface area (Å²) in [5.74, 6) is 0.272. The summed E-state index contributed by atoms with van der Waals surface area (Å²) in [5.41, 5.74) is 0.635. The van der Waals surface area contributed by atoms with Crippen molar-refractivity contribution < 1.29 is 9.53 Å². The van der Waals surface area contributed by atoms with Gasteiger partial charge in [0, 0.05) is 5.92 Å². The Kier molecular flexibility index (Phi) is 4.62. The maximum absolute atomic E-state index is 11.8. The van der Waals surface area contributed by atoms with Crippen LogP contribution in [0.4, 0.5) is 0 Å². The van der Waals surface area contributed by atoms with Gasteiger partial charge in [0.25, 0.3) is 0 Å². The van der Waals surface area contributed by atoms with Crippen LogP contribution in [-0.4, -0.2) is 29.2 Å². The number of ether oxygens (including phenoxy) is 1. The summed E-state index contributed by atoms with van der Waals surface area (Å²) < 4.78 is 5.69. The van der Waals surface area contributed by atoms with Crippen molar-refractivity contribution in [1.82, 2.24) is 0 Å². The summed E-state index contributed by atoms with van der Waals surface area (Å²) in [5, 5.41) is 0. The van der Waals surface area contributed by atoms with Crippen molar-refractivity contribution in [2.75, 3.05) is 19.1 Å². The molecule has 1 saturated carbocycles. The highest BCUT2D eigenvalue weighted by atomic mass is 32.2. The fraction of sp³-hybridized carbons (Fsp3) is 0.500. The highest BCUT2D eigenvalue weighted by Crippen LogP contribution is 2.54. The van der Waals surface area contributed by atoms with Crippen LogP contribution in [0.2, 0.25) is 0 Å². The van der Waals surface area contributed by atoms with E-state index in [4.69, 9.17) is 4.74 Å². The molecule has 1 aromatic carbocycles. The van der Waals surface area contributed by atoms with Crippen LogP contribution < -0.4 is 0 Å². The van der Waals surface area contributed by atoms with E-state index in [1.165, 1.54) is 6.42 Å². The van der Waals surface area contributed by atoms with Crippen LogP contribution in [0.5, 0.6) is 0 Å². The molecule has 0 aliphatic heterocycles. The van der Waals surface area contributed by atoms with E-state index in [1.54, 1.807) is 12.1 Å². The van der Waals surface area contributed by atoms with Crippen LogP contribution in [0.25, 0.3) is 0 Å². The second-order valence-electron chi connectivity index (χ2n) is 4.42. The summed E-state index contributed by atoms with van der Waals surface area (Å²) in [6.45, 7) is 0.537. The molecule has 0 heterocycles. The van der Waals surface area contributed by atoms with Crippen molar-refractivity contribution in [2.24, 2.45) is 5.92 Å². The molecule has 4 heteroatoms. The molecule has 18 heavy (non-hydrogen) atoms. The Morgan fingerprint density at radius 2 is 2.00 bits per heavy atom. The molecule has 1 aromatic rings. The van der Waals surface area contributed by atoms with E-state index >= 15 is 0 Å². The topological polar surface area (TPSA) is 26.3 Å². The molecule has 1 aliphatic carbocycles. The number of rotatable bonds is 5. The molecule has 1 fully saturated rings. The van der Waals surface area contributed by atoms with Crippen LogP contribution in [0, 0.1) is 5.92 Å². The van der Waals surface area contributed by atoms with Crippen molar-refractivity contribution in [3.63, 3.8) is 0 Å². The standard InChI is InChI=1S/C14H18O2S2/c1-17-14(18-2)9-8-12(14)10-16-13(15)11-6-4-3-5-7-11/h3-7,12H,8-10H2,1-2H3/t12-/m0/s1. The van der Waals surface area contributed by atoms with E-state index in [1.807, 2.05) is 41.7 Å². The first-order valence-corrected chi connectivity index (χ1v) is 8.49. The van der Waals surface area contributed by atoms with Gasteiger partial charge in [-0.15, -0.1) is 23.5 Å². The number of hydrogen-bond donors (Lipinski definition) is 0. The Morgan fingerprint density at radius 3 is 2.50 bits per heavy atom. The quantitative estimate of drug-likeness (QED) is 0.608. The third-order valence-electron chi connectivity index (χ3n) is 3.58. The lowest BCUT2D eigenvalue weighted by Crippen LogP contribution is -2.43. The Labute approximate surface area is 117 Å². The molecule has 2 rings (SSSR count). The number of benzene rings is 1. The van der Waals surface area contributed by atoms with Gasteiger partial charge in [-0.2, -0.15) is 0 Å². The van der Waals surface area contributed by atoms with Gasteiger partial charge in [0.2, 0.25) is 0 Å². The van der Waals surface area contributed by atoms with Gasteiger partial charge in [0.15, 0.2) is 0 Å². The monoisotopic (exact) mass is 282 g/mol. The van der Waals surface area contributed by atoms with Crippen molar-refractivity contribution in [1.29, 1.82) is 0 Å². The van der Waals surface area contributed by atoms with Crippen LogP contribution in [0.1, 0.15) is 23.2 Å². The molecule has 0 amide bonds. The third kappa shape index (κ3) is 2.69. The van der Waals surface area contributed by atoms with Gasteiger partial charge >= 0.3 is 5.97 Å². The van der Waals surface area contributed by atoms with Gasteiger partial charge in [0.1, 0.15) is 0 Å². The maximum atomic E-state index is 11.8. The van der Waals surface area contributed by atoms with Gasteiger partial charge in [0.05, 0.1) is 16.2 Å². The van der Waals surface area contributed by atoms with Crippen LogP contribution in [0.15, 0.2) is 30.3 Å². The number of thioether (sulfide) groups is 2. The smallest absolute Gasteiger partial charge is 0.338 e. The van der Waals surface area contributed by atoms with E-state index in [0.717, 1.165) is 6.42 Å². The summed E-state index contributed by atoms with van der Waals surface area (Å²) in [6, 6.07) is 9.19. The summed E-state index contributed by atoms with van der Waals surface area (Å²) in [7, 11) is 0. The van der Waals surface area contributed by atoms with E-state index in [0.29, 0.717) is 18.1 Å². The molecule has 0 saturated heterocycles. The van der Waals surface area contributed by atoms with E-state index in [9.17, 15) is 4.79 Å². The fourth-order valence-corrected chi connectivity index (χ4v) is 4.60. The SMILES string of the molecule is CSC1(SC)CC[C@H]1COC(=O)c1ccccc1. The van der Waals surface area contributed by atoms with Crippen molar-refractivity contribution in [3.8, 4) is 0 Å². The Bertz CT molecular complexity index is 396. The average Bonchev–Trinajstić information content (AvgIpc) is 2.40. The lowest BCUT2D eigenvalue weighted by atomic mass is 9.84. The number of hydrogen-bond acceptors (Lipinski definition) is 4. The summed E-state index contributed by atoms with van der Waals surface area (Å²) in [6.07, 6.45) is 6.65. The van der Waals surface area contributed by atoms with E-state index < -0.39 is 0 Å². The maximum Gasteiger partial charge on any atom is 0.338 e. The van der Waals surface area contributed by atoms with Gasteiger partial charge in [-0.05, 0) is 37.5 Å².